The summed E-state index contributed by atoms with van der Waals surface area (Å²) in [6.07, 6.45) is 4.18. The SMILES string of the molecule is Cc1cccnc1C(=O)N1C[C@@H](c2ccccc2)O[C@@H](C2CC2)C1. The van der Waals surface area contributed by atoms with E-state index in [1.54, 1.807) is 6.20 Å². The van der Waals surface area contributed by atoms with Crippen molar-refractivity contribution in [3.05, 3.63) is 65.5 Å². The van der Waals surface area contributed by atoms with Gasteiger partial charge in [-0.05, 0) is 42.9 Å². The number of pyridine rings is 1. The molecule has 0 spiro atoms. The molecule has 0 unspecified atom stereocenters. The van der Waals surface area contributed by atoms with Crippen LogP contribution in [0.5, 0.6) is 0 Å². The first-order valence-electron chi connectivity index (χ1n) is 8.63. The van der Waals surface area contributed by atoms with Crippen molar-refractivity contribution in [2.75, 3.05) is 13.1 Å². The summed E-state index contributed by atoms with van der Waals surface area (Å²) < 4.78 is 6.33. The van der Waals surface area contributed by atoms with E-state index in [9.17, 15) is 4.79 Å². The predicted octanol–water partition coefficient (Wildman–Crippen LogP) is 3.38. The molecule has 1 aromatic carbocycles. The summed E-state index contributed by atoms with van der Waals surface area (Å²) in [4.78, 5) is 19.2. The molecule has 24 heavy (non-hydrogen) atoms. The van der Waals surface area contributed by atoms with Crippen molar-refractivity contribution >= 4 is 5.91 Å². The van der Waals surface area contributed by atoms with Crippen LogP contribution in [0.1, 0.15) is 40.6 Å². The molecule has 1 saturated heterocycles. The minimum absolute atomic E-state index is 0.0166. The third kappa shape index (κ3) is 3.06. The first kappa shape index (κ1) is 15.3. The Hall–Kier alpha value is -2.20. The molecule has 1 saturated carbocycles. The van der Waals surface area contributed by atoms with E-state index in [1.807, 2.05) is 42.2 Å². The molecule has 4 nitrogen and oxygen atoms in total. The molecule has 4 heteroatoms. The van der Waals surface area contributed by atoms with Gasteiger partial charge in [0.15, 0.2) is 0 Å². The number of amides is 1. The lowest BCUT2D eigenvalue weighted by atomic mass is 10.0. The molecule has 2 fully saturated rings. The maximum absolute atomic E-state index is 13.0. The van der Waals surface area contributed by atoms with E-state index in [1.165, 1.54) is 12.8 Å². The Labute approximate surface area is 142 Å². The Morgan fingerprint density at radius 1 is 1.12 bits per heavy atom. The fourth-order valence-corrected chi connectivity index (χ4v) is 3.39. The maximum atomic E-state index is 13.0. The van der Waals surface area contributed by atoms with Gasteiger partial charge in [0.25, 0.3) is 5.91 Å². The van der Waals surface area contributed by atoms with Crippen LogP contribution in [0.25, 0.3) is 0 Å². The number of morpholine rings is 1. The number of hydrogen-bond donors (Lipinski definition) is 0. The molecule has 2 aliphatic rings. The summed E-state index contributed by atoms with van der Waals surface area (Å²) in [7, 11) is 0. The van der Waals surface area contributed by atoms with Gasteiger partial charge in [-0.15, -0.1) is 0 Å². The molecule has 1 amide bonds. The first-order chi connectivity index (χ1) is 11.7. The number of ether oxygens (including phenoxy) is 1. The largest absolute Gasteiger partial charge is 0.366 e. The minimum Gasteiger partial charge on any atom is -0.366 e. The smallest absolute Gasteiger partial charge is 0.272 e. The molecule has 0 bridgehead atoms. The van der Waals surface area contributed by atoms with Crippen molar-refractivity contribution in [1.29, 1.82) is 0 Å². The normalized spacial score (nSPS) is 24.0. The lowest BCUT2D eigenvalue weighted by molar-refractivity contribution is -0.0865. The van der Waals surface area contributed by atoms with Gasteiger partial charge in [0.2, 0.25) is 0 Å². The van der Waals surface area contributed by atoms with Crippen molar-refractivity contribution < 1.29 is 9.53 Å². The number of aromatic nitrogens is 1. The van der Waals surface area contributed by atoms with Gasteiger partial charge >= 0.3 is 0 Å². The van der Waals surface area contributed by atoms with Gasteiger partial charge in [0, 0.05) is 12.7 Å². The second kappa shape index (κ2) is 6.36. The summed E-state index contributed by atoms with van der Waals surface area (Å²) in [5.74, 6) is 0.611. The molecule has 0 radical (unpaired) electrons. The van der Waals surface area contributed by atoms with Crippen LogP contribution < -0.4 is 0 Å². The van der Waals surface area contributed by atoms with E-state index in [4.69, 9.17) is 4.74 Å². The van der Waals surface area contributed by atoms with E-state index in [2.05, 4.69) is 17.1 Å². The summed E-state index contributed by atoms with van der Waals surface area (Å²) in [5, 5.41) is 0. The van der Waals surface area contributed by atoms with Gasteiger partial charge in [0.1, 0.15) is 11.8 Å². The van der Waals surface area contributed by atoms with Gasteiger partial charge in [0.05, 0.1) is 12.6 Å². The fraction of sp³-hybridized carbons (Fsp3) is 0.400. The van der Waals surface area contributed by atoms with Crippen LogP contribution in [0.4, 0.5) is 0 Å². The van der Waals surface area contributed by atoms with E-state index >= 15 is 0 Å². The van der Waals surface area contributed by atoms with Gasteiger partial charge < -0.3 is 9.64 Å². The number of carbonyl (C=O) groups is 1. The number of carbonyl (C=O) groups excluding carboxylic acids is 1. The summed E-state index contributed by atoms with van der Waals surface area (Å²) in [5.41, 5.74) is 2.62. The minimum atomic E-state index is -0.0569. The van der Waals surface area contributed by atoms with Crippen molar-refractivity contribution in [2.45, 2.75) is 32.0 Å². The second-order valence-corrected chi connectivity index (χ2v) is 6.79. The Balaban J connectivity index is 1.60. The average Bonchev–Trinajstić information content (AvgIpc) is 3.47. The summed E-state index contributed by atoms with van der Waals surface area (Å²) in [6.45, 7) is 3.19. The van der Waals surface area contributed by atoms with Gasteiger partial charge in [-0.25, -0.2) is 0 Å². The van der Waals surface area contributed by atoms with Crippen LogP contribution in [0, 0.1) is 12.8 Å². The van der Waals surface area contributed by atoms with Crippen molar-refractivity contribution in [3.8, 4) is 0 Å². The predicted molar refractivity (Wildman–Crippen MR) is 91.7 cm³/mol. The molecule has 1 aromatic heterocycles. The maximum Gasteiger partial charge on any atom is 0.272 e. The van der Waals surface area contributed by atoms with Crippen LogP contribution in [-0.4, -0.2) is 35.0 Å². The first-order valence-corrected chi connectivity index (χ1v) is 8.63. The number of aryl methyl sites for hydroxylation is 1. The third-order valence-corrected chi connectivity index (χ3v) is 4.94. The Bertz CT molecular complexity index is 727. The zero-order valence-corrected chi connectivity index (χ0v) is 13.9. The Morgan fingerprint density at radius 3 is 2.62 bits per heavy atom. The van der Waals surface area contributed by atoms with Crippen LogP contribution >= 0.6 is 0 Å². The lowest BCUT2D eigenvalue weighted by Crippen LogP contribution is -2.48. The van der Waals surface area contributed by atoms with Gasteiger partial charge in [-0.2, -0.15) is 0 Å². The zero-order valence-electron chi connectivity index (χ0n) is 13.9. The lowest BCUT2D eigenvalue weighted by Gasteiger charge is -2.38. The van der Waals surface area contributed by atoms with Gasteiger partial charge in [-0.1, -0.05) is 36.4 Å². The highest BCUT2D eigenvalue weighted by Crippen LogP contribution is 2.39. The van der Waals surface area contributed by atoms with E-state index < -0.39 is 0 Å². The van der Waals surface area contributed by atoms with Crippen molar-refractivity contribution in [3.63, 3.8) is 0 Å². The quantitative estimate of drug-likeness (QED) is 0.870. The fourth-order valence-electron chi connectivity index (χ4n) is 3.39. The number of benzene rings is 1. The van der Waals surface area contributed by atoms with E-state index in [0.29, 0.717) is 24.7 Å². The molecule has 2 aromatic rings. The molecule has 1 aliphatic heterocycles. The standard InChI is InChI=1S/C20H22N2O2/c1-14-6-5-11-21-19(14)20(23)22-12-17(15-7-3-2-4-8-15)24-18(13-22)16-9-10-16/h2-8,11,16-18H,9-10,12-13H2,1H3/t17-,18+/m0/s1. The summed E-state index contributed by atoms with van der Waals surface area (Å²) in [6, 6.07) is 14.0. The van der Waals surface area contributed by atoms with Crippen LogP contribution in [0.15, 0.2) is 48.7 Å². The second-order valence-electron chi connectivity index (χ2n) is 6.79. The van der Waals surface area contributed by atoms with Crippen molar-refractivity contribution in [2.24, 2.45) is 5.92 Å². The molecular weight excluding hydrogens is 300 g/mol. The molecule has 124 valence electrons. The number of hydrogen-bond acceptors (Lipinski definition) is 3. The van der Waals surface area contributed by atoms with Crippen LogP contribution in [-0.2, 0) is 4.74 Å². The molecular formula is C20H22N2O2. The molecule has 0 N–H and O–H groups in total. The number of rotatable bonds is 3. The molecule has 2 atom stereocenters. The molecule has 2 heterocycles. The summed E-state index contributed by atoms with van der Waals surface area (Å²) >= 11 is 0. The average molecular weight is 322 g/mol. The van der Waals surface area contributed by atoms with E-state index in [-0.39, 0.29) is 18.1 Å². The Morgan fingerprint density at radius 2 is 1.92 bits per heavy atom. The van der Waals surface area contributed by atoms with Gasteiger partial charge in [-0.3, -0.25) is 9.78 Å². The van der Waals surface area contributed by atoms with Crippen LogP contribution in [0.2, 0.25) is 0 Å². The highest BCUT2D eigenvalue weighted by Gasteiger charge is 2.40. The number of nitrogens with zero attached hydrogens (tertiary/aromatic N) is 2. The highest BCUT2D eigenvalue weighted by molar-refractivity contribution is 5.93. The third-order valence-electron chi connectivity index (χ3n) is 4.94. The van der Waals surface area contributed by atoms with Crippen LogP contribution in [0.3, 0.4) is 0 Å². The van der Waals surface area contributed by atoms with E-state index in [0.717, 1.165) is 11.1 Å². The molecule has 4 rings (SSSR count). The molecule has 1 aliphatic carbocycles. The highest BCUT2D eigenvalue weighted by atomic mass is 16.5. The van der Waals surface area contributed by atoms with Crippen molar-refractivity contribution in [1.82, 2.24) is 9.88 Å². The Kier molecular flexibility index (Phi) is 4.07. The zero-order chi connectivity index (χ0) is 16.5. The monoisotopic (exact) mass is 322 g/mol. The topological polar surface area (TPSA) is 42.4 Å².